The second-order valence-electron chi connectivity index (χ2n) is 4.96. The van der Waals surface area contributed by atoms with E-state index < -0.39 is 0 Å². The van der Waals surface area contributed by atoms with Crippen LogP contribution in [0.15, 0.2) is 24.3 Å². The van der Waals surface area contributed by atoms with Crippen LogP contribution in [0.2, 0.25) is 0 Å². The van der Waals surface area contributed by atoms with Gasteiger partial charge in [-0.3, -0.25) is 4.79 Å². The molecule has 1 amide bonds. The third kappa shape index (κ3) is 4.15. The summed E-state index contributed by atoms with van der Waals surface area (Å²) in [6, 6.07) is 7.94. The Morgan fingerprint density at radius 1 is 1.22 bits per heavy atom. The Morgan fingerprint density at radius 2 is 1.89 bits per heavy atom. The average Bonchev–Trinajstić information content (AvgIpc) is 2.36. The van der Waals surface area contributed by atoms with Crippen molar-refractivity contribution in [2.45, 2.75) is 34.2 Å². The fourth-order valence-electron chi connectivity index (χ4n) is 1.61. The molecule has 0 fully saturated rings. The second kappa shape index (κ2) is 7.17. The number of anilines is 1. The summed E-state index contributed by atoms with van der Waals surface area (Å²) in [6.45, 7) is 9.87. The summed E-state index contributed by atoms with van der Waals surface area (Å²) in [6.07, 6.45) is 0. The number of benzene rings is 1. The molecule has 1 unspecified atom stereocenters. The van der Waals surface area contributed by atoms with Crippen molar-refractivity contribution in [3.05, 3.63) is 29.8 Å². The fourth-order valence-corrected chi connectivity index (χ4v) is 1.61. The van der Waals surface area contributed by atoms with Crippen LogP contribution >= 0.6 is 0 Å². The van der Waals surface area contributed by atoms with Crippen LogP contribution in [0, 0.1) is 11.8 Å². The van der Waals surface area contributed by atoms with Gasteiger partial charge in [0, 0.05) is 18.2 Å². The van der Waals surface area contributed by atoms with Crippen molar-refractivity contribution < 1.29 is 4.79 Å². The van der Waals surface area contributed by atoms with Crippen LogP contribution < -0.4 is 10.6 Å². The first kappa shape index (κ1) is 14.7. The number of carbonyl (C=O) groups is 1. The summed E-state index contributed by atoms with van der Waals surface area (Å²) < 4.78 is 0. The molecule has 1 aromatic carbocycles. The number of carbonyl (C=O) groups excluding carboxylic acids is 1. The summed E-state index contributed by atoms with van der Waals surface area (Å²) in [4.78, 5) is 12.0. The van der Waals surface area contributed by atoms with Gasteiger partial charge in [-0.1, -0.05) is 45.9 Å². The predicted octanol–water partition coefficient (Wildman–Crippen LogP) is 3.03. The summed E-state index contributed by atoms with van der Waals surface area (Å²) in [5.41, 5.74) is 2.04. The molecule has 3 nitrogen and oxygen atoms in total. The quantitative estimate of drug-likeness (QED) is 0.812. The largest absolute Gasteiger partial charge is 0.326 e. The monoisotopic (exact) mass is 248 g/mol. The first-order valence-electron chi connectivity index (χ1n) is 6.65. The third-order valence-electron chi connectivity index (χ3n) is 3.25. The Hall–Kier alpha value is -1.35. The van der Waals surface area contributed by atoms with Crippen molar-refractivity contribution in [3.63, 3.8) is 0 Å². The number of para-hydroxylation sites is 1. The second-order valence-corrected chi connectivity index (χ2v) is 4.96. The van der Waals surface area contributed by atoms with Crippen molar-refractivity contribution in [2.75, 3.05) is 11.9 Å². The van der Waals surface area contributed by atoms with Gasteiger partial charge in [0.25, 0.3) is 0 Å². The first-order chi connectivity index (χ1) is 8.56. The highest BCUT2D eigenvalue weighted by molar-refractivity contribution is 5.93. The third-order valence-corrected chi connectivity index (χ3v) is 3.25. The van der Waals surface area contributed by atoms with Gasteiger partial charge in [0.05, 0.1) is 0 Å². The minimum Gasteiger partial charge on any atom is -0.326 e. The zero-order valence-corrected chi connectivity index (χ0v) is 11.8. The molecule has 0 spiro atoms. The standard InChI is InChI=1S/C15H24N2O/c1-5-16-10-13-8-6-7-9-14(13)17-15(18)12(4)11(2)3/h6-9,11-12,16H,5,10H2,1-4H3,(H,17,18). The Balaban J connectivity index is 2.74. The number of nitrogens with one attached hydrogen (secondary N) is 2. The van der Waals surface area contributed by atoms with Gasteiger partial charge in [-0.2, -0.15) is 0 Å². The van der Waals surface area contributed by atoms with E-state index in [4.69, 9.17) is 0 Å². The molecule has 2 N–H and O–H groups in total. The predicted molar refractivity (Wildman–Crippen MR) is 76.5 cm³/mol. The zero-order chi connectivity index (χ0) is 13.5. The summed E-state index contributed by atoms with van der Waals surface area (Å²) >= 11 is 0. The van der Waals surface area contributed by atoms with Crippen LogP contribution in [0.1, 0.15) is 33.3 Å². The van der Waals surface area contributed by atoms with Gasteiger partial charge in [-0.25, -0.2) is 0 Å². The molecule has 0 saturated heterocycles. The summed E-state index contributed by atoms with van der Waals surface area (Å²) in [5.74, 6) is 0.470. The van der Waals surface area contributed by atoms with Gasteiger partial charge in [-0.15, -0.1) is 0 Å². The van der Waals surface area contributed by atoms with Gasteiger partial charge >= 0.3 is 0 Å². The maximum absolute atomic E-state index is 12.0. The molecule has 0 aliphatic carbocycles. The molecule has 0 radical (unpaired) electrons. The highest BCUT2D eigenvalue weighted by Crippen LogP contribution is 2.18. The Bertz CT molecular complexity index is 388. The molecule has 0 aromatic heterocycles. The van der Waals surface area contributed by atoms with Gasteiger partial charge in [0.1, 0.15) is 0 Å². The SMILES string of the molecule is CCNCc1ccccc1NC(=O)C(C)C(C)C. The lowest BCUT2D eigenvalue weighted by Gasteiger charge is -2.17. The molecular formula is C15H24N2O. The zero-order valence-electron chi connectivity index (χ0n) is 11.8. The van der Waals surface area contributed by atoms with Crippen molar-refractivity contribution in [2.24, 2.45) is 11.8 Å². The fraction of sp³-hybridized carbons (Fsp3) is 0.533. The molecule has 1 rings (SSSR count). The van der Waals surface area contributed by atoms with Crippen molar-refractivity contribution >= 4 is 11.6 Å². The number of rotatable bonds is 6. The molecule has 100 valence electrons. The van der Waals surface area contributed by atoms with Gasteiger partial charge in [0.15, 0.2) is 0 Å². The van der Waals surface area contributed by atoms with Crippen LogP contribution in [0.4, 0.5) is 5.69 Å². The van der Waals surface area contributed by atoms with Gasteiger partial charge < -0.3 is 10.6 Å². The van der Waals surface area contributed by atoms with Crippen LogP contribution in [-0.2, 0) is 11.3 Å². The normalized spacial score (nSPS) is 12.5. The summed E-state index contributed by atoms with van der Waals surface area (Å²) in [5, 5.41) is 6.30. The van der Waals surface area contributed by atoms with Crippen LogP contribution in [-0.4, -0.2) is 12.5 Å². The molecule has 0 aliphatic rings. The molecule has 1 aromatic rings. The lowest BCUT2D eigenvalue weighted by Crippen LogP contribution is -2.25. The molecule has 0 saturated carbocycles. The van der Waals surface area contributed by atoms with E-state index in [0.717, 1.165) is 24.3 Å². The number of hydrogen-bond donors (Lipinski definition) is 2. The van der Waals surface area contributed by atoms with Gasteiger partial charge in [-0.05, 0) is 24.1 Å². The minimum absolute atomic E-state index is 0.0252. The Labute approximate surface area is 110 Å². The molecule has 18 heavy (non-hydrogen) atoms. The maximum atomic E-state index is 12.0. The number of hydrogen-bond acceptors (Lipinski definition) is 2. The minimum atomic E-state index is 0.0252. The first-order valence-corrected chi connectivity index (χ1v) is 6.65. The topological polar surface area (TPSA) is 41.1 Å². The highest BCUT2D eigenvalue weighted by atomic mass is 16.1. The van der Waals surface area contributed by atoms with Crippen molar-refractivity contribution in [1.29, 1.82) is 0 Å². The maximum Gasteiger partial charge on any atom is 0.227 e. The van der Waals surface area contributed by atoms with Crippen LogP contribution in [0.5, 0.6) is 0 Å². The number of amides is 1. The highest BCUT2D eigenvalue weighted by Gasteiger charge is 2.17. The lowest BCUT2D eigenvalue weighted by atomic mass is 9.97. The van der Waals surface area contributed by atoms with E-state index in [2.05, 4.69) is 31.4 Å². The van der Waals surface area contributed by atoms with E-state index in [0.29, 0.717) is 5.92 Å². The smallest absolute Gasteiger partial charge is 0.227 e. The van der Waals surface area contributed by atoms with Crippen molar-refractivity contribution in [1.82, 2.24) is 5.32 Å². The van der Waals surface area contributed by atoms with Gasteiger partial charge in [0.2, 0.25) is 5.91 Å². The molecule has 0 heterocycles. The van der Waals surface area contributed by atoms with Crippen LogP contribution in [0.25, 0.3) is 0 Å². The molecule has 3 heteroatoms. The Morgan fingerprint density at radius 3 is 2.50 bits per heavy atom. The van der Waals surface area contributed by atoms with E-state index in [9.17, 15) is 4.79 Å². The van der Waals surface area contributed by atoms with E-state index in [1.54, 1.807) is 0 Å². The van der Waals surface area contributed by atoms with Crippen LogP contribution in [0.3, 0.4) is 0 Å². The summed E-state index contributed by atoms with van der Waals surface area (Å²) in [7, 11) is 0. The van der Waals surface area contributed by atoms with Crippen molar-refractivity contribution in [3.8, 4) is 0 Å². The molecular weight excluding hydrogens is 224 g/mol. The van der Waals surface area contributed by atoms with E-state index in [1.807, 2.05) is 31.2 Å². The molecule has 1 atom stereocenters. The molecule has 0 aliphatic heterocycles. The lowest BCUT2D eigenvalue weighted by molar-refractivity contribution is -0.120. The van der Waals surface area contributed by atoms with E-state index in [1.165, 1.54) is 0 Å². The Kier molecular flexibility index (Phi) is 5.86. The van der Waals surface area contributed by atoms with E-state index in [-0.39, 0.29) is 11.8 Å². The average molecular weight is 248 g/mol. The molecule has 0 bridgehead atoms. The van der Waals surface area contributed by atoms with E-state index >= 15 is 0 Å².